The number of hydrogen-bond acceptors (Lipinski definition) is 1. The summed E-state index contributed by atoms with van der Waals surface area (Å²) < 4.78 is 15.0. The average molecular weight is 219 g/mol. The molecular formula is C16H11N. The van der Waals surface area contributed by atoms with Crippen molar-refractivity contribution in [3.8, 4) is 22.3 Å². The van der Waals surface area contributed by atoms with E-state index in [0.717, 1.165) is 10.8 Å². The summed E-state index contributed by atoms with van der Waals surface area (Å²) in [6.45, 7) is 0. The first-order valence-electron chi connectivity index (χ1n) is 6.60. The smallest absolute Gasteiger partial charge is 0.156 e. The highest BCUT2D eigenvalue weighted by Gasteiger charge is 2.20. The van der Waals surface area contributed by atoms with Gasteiger partial charge in [0.1, 0.15) is 0 Å². The molecule has 1 aliphatic carbocycles. The zero-order valence-corrected chi connectivity index (χ0v) is 9.14. The van der Waals surface area contributed by atoms with Crippen molar-refractivity contribution in [2.75, 3.05) is 5.72 Å². The Kier molecular flexibility index (Phi) is 1.21. The Morgan fingerprint density at radius 1 is 0.706 bits per heavy atom. The van der Waals surface area contributed by atoms with Crippen LogP contribution in [0.5, 0.6) is 0 Å². The molecule has 17 heavy (non-hydrogen) atoms. The number of hydrogen-bond donors (Lipinski definition) is 1. The zero-order valence-electron chi connectivity index (χ0n) is 11.1. The first kappa shape index (κ1) is 7.13. The molecule has 1 heteroatoms. The van der Waals surface area contributed by atoms with E-state index in [1.807, 2.05) is 36.4 Å². The Morgan fingerprint density at radius 3 is 2.18 bits per heavy atom. The van der Waals surface area contributed by atoms with Gasteiger partial charge in [0.25, 0.3) is 0 Å². The summed E-state index contributed by atoms with van der Waals surface area (Å²) >= 11 is 0. The fourth-order valence-electron chi connectivity index (χ4n) is 2.79. The lowest BCUT2D eigenvalue weighted by atomic mass is 10.0. The summed E-state index contributed by atoms with van der Waals surface area (Å²) in [5, 5.41) is 2.13. The van der Waals surface area contributed by atoms with E-state index in [9.17, 15) is 0 Å². The number of fused-ring (bicyclic) bond motifs is 3. The Bertz CT molecular complexity index is 780. The summed E-state index contributed by atoms with van der Waals surface area (Å²) in [5.41, 5.74) is 6.18. The van der Waals surface area contributed by atoms with Gasteiger partial charge < -0.3 is 5.72 Å². The van der Waals surface area contributed by atoms with E-state index < -0.39 is 0 Å². The first-order chi connectivity index (χ1) is 9.27. The molecule has 0 spiro atoms. The molecule has 3 aromatic rings. The van der Waals surface area contributed by atoms with Crippen molar-refractivity contribution in [1.29, 1.82) is 0 Å². The zero-order chi connectivity index (χ0) is 13.0. The van der Waals surface area contributed by atoms with Crippen LogP contribution in [0.15, 0.2) is 54.6 Å². The van der Waals surface area contributed by atoms with E-state index >= 15 is 0 Å². The second-order valence-electron chi connectivity index (χ2n) is 4.41. The minimum absolute atomic E-state index is 0.619. The maximum Gasteiger partial charge on any atom is 0.156 e. The van der Waals surface area contributed by atoms with E-state index in [4.69, 9.17) is 2.82 Å². The largest absolute Gasteiger partial charge is 0.398 e. The van der Waals surface area contributed by atoms with E-state index in [2.05, 4.69) is 18.2 Å². The van der Waals surface area contributed by atoms with Gasteiger partial charge in [0.05, 0.1) is 0 Å². The van der Waals surface area contributed by atoms with Crippen LogP contribution in [0.25, 0.3) is 33.0 Å². The molecule has 1 aliphatic rings. The van der Waals surface area contributed by atoms with Gasteiger partial charge in [0, 0.05) is 11.1 Å². The van der Waals surface area contributed by atoms with Gasteiger partial charge in [-0.15, -0.1) is 0 Å². The second-order valence-corrected chi connectivity index (χ2v) is 4.41. The third kappa shape index (κ3) is 0.986. The standard InChI is InChI=1S/C16H11N/c17-15-9-8-13-11-5-2-1-4-10(11)12-6-3-7-14(15)16(12)13/h1-9H,17H2/i/hD2. The lowest BCUT2D eigenvalue weighted by molar-refractivity contribution is 1.69. The Labute approximate surface area is 102 Å². The number of nitrogens with two attached hydrogens (primary N) is 1. The van der Waals surface area contributed by atoms with Crippen LogP contribution >= 0.6 is 0 Å². The highest BCUT2D eigenvalue weighted by molar-refractivity contribution is 6.17. The summed E-state index contributed by atoms with van der Waals surface area (Å²) in [7, 11) is 0. The molecule has 0 saturated heterocycles. The minimum atomic E-state index is 0.619. The molecule has 0 bridgehead atoms. The van der Waals surface area contributed by atoms with Gasteiger partial charge in [-0.05, 0) is 33.7 Å². The molecule has 0 heterocycles. The van der Waals surface area contributed by atoms with Crippen LogP contribution in [0.4, 0.5) is 5.69 Å². The number of nitrogen functional groups attached to an aromatic ring is 1. The normalized spacial score (nSPS) is 13.2. The van der Waals surface area contributed by atoms with E-state index in [0.29, 0.717) is 11.4 Å². The molecule has 0 aromatic heterocycles. The third-order valence-electron chi connectivity index (χ3n) is 3.53. The number of anilines is 1. The minimum Gasteiger partial charge on any atom is -0.398 e. The number of benzene rings is 3. The van der Waals surface area contributed by atoms with Gasteiger partial charge in [0.2, 0.25) is 0 Å². The molecule has 0 unspecified atom stereocenters. The Morgan fingerprint density at radius 2 is 1.41 bits per heavy atom. The van der Waals surface area contributed by atoms with Crippen LogP contribution < -0.4 is 5.72 Å². The van der Waals surface area contributed by atoms with E-state index in [-0.39, 0.29) is 0 Å². The quantitative estimate of drug-likeness (QED) is 0.480. The van der Waals surface area contributed by atoms with Gasteiger partial charge in [-0.1, -0.05) is 48.5 Å². The van der Waals surface area contributed by atoms with Crippen LogP contribution in [0.2, 0.25) is 2.82 Å². The molecule has 1 nitrogen and oxygen atoms in total. The average Bonchev–Trinajstić information content (AvgIpc) is 2.76. The van der Waals surface area contributed by atoms with Crippen molar-refractivity contribution in [1.82, 2.24) is 0 Å². The van der Waals surface area contributed by atoms with Crippen LogP contribution in [0, 0.1) is 0 Å². The molecule has 2 N–H and O–H groups in total. The molecule has 3 aromatic carbocycles. The van der Waals surface area contributed by atoms with E-state index in [1.165, 1.54) is 22.3 Å². The Balaban J connectivity index is 2.20. The van der Waals surface area contributed by atoms with Crippen molar-refractivity contribution in [3.05, 3.63) is 54.6 Å². The maximum absolute atomic E-state index is 7.52. The fraction of sp³-hybridized carbons (Fsp3) is 0. The topological polar surface area (TPSA) is 26.0 Å². The maximum atomic E-state index is 7.52. The van der Waals surface area contributed by atoms with Crippen LogP contribution in [-0.2, 0) is 0 Å². The lowest BCUT2D eigenvalue weighted by Crippen LogP contribution is -1.86. The molecule has 0 radical (unpaired) electrons. The molecular weight excluding hydrogens is 206 g/mol. The first-order valence-corrected chi connectivity index (χ1v) is 5.71. The summed E-state index contributed by atoms with van der Waals surface area (Å²) in [6, 6.07) is 18.3. The highest BCUT2D eigenvalue weighted by Crippen LogP contribution is 2.47. The molecule has 0 amide bonds. The molecule has 0 atom stereocenters. The van der Waals surface area contributed by atoms with E-state index in [1.54, 1.807) is 0 Å². The summed E-state index contributed by atoms with van der Waals surface area (Å²) in [6.07, 6.45) is 0. The second kappa shape index (κ2) is 2.89. The van der Waals surface area contributed by atoms with Gasteiger partial charge in [0.15, 0.2) is 2.82 Å². The van der Waals surface area contributed by atoms with Crippen molar-refractivity contribution in [2.24, 2.45) is 0 Å². The SMILES string of the molecule is [2H]N([2H])c1ccc2c3c(cccc13)-c1ccccc1-2. The lowest BCUT2D eigenvalue weighted by Gasteiger charge is -2.04. The fourth-order valence-corrected chi connectivity index (χ4v) is 2.79. The van der Waals surface area contributed by atoms with Crippen molar-refractivity contribution < 1.29 is 2.82 Å². The monoisotopic (exact) mass is 219 g/mol. The predicted molar refractivity (Wildman–Crippen MR) is 72.8 cm³/mol. The van der Waals surface area contributed by atoms with Crippen LogP contribution in [0.3, 0.4) is 0 Å². The number of rotatable bonds is 1. The molecule has 4 rings (SSSR count). The molecule has 0 saturated carbocycles. The third-order valence-corrected chi connectivity index (χ3v) is 3.53. The molecule has 0 aliphatic heterocycles. The van der Waals surface area contributed by atoms with Gasteiger partial charge >= 0.3 is 0 Å². The van der Waals surface area contributed by atoms with Gasteiger partial charge in [-0.3, -0.25) is 0 Å². The van der Waals surface area contributed by atoms with Crippen LogP contribution in [-0.4, -0.2) is 0 Å². The predicted octanol–water partition coefficient (Wildman–Crippen LogP) is 4.07. The molecule has 0 fully saturated rings. The van der Waals surface area contributed by atoms with Crippen LogP contribution in [0.1, 0.15) is 0 Å². The Hall–Kier alpha value is -2.28. The van der Waals surface area contributed by atoms with Crippen molar-refractivity contribution in [3.63, 3.8) is 0 Å². The summed E-state index contributed by atoms with van der Waals surface area (Å²) in [5.74, 6) is 0. The van der Waals surface area contributed by atoms with Crippen molar-refractivity contribution in [2.45, 2.75) is 0 Å². The van der Waals surface area contributed by atoms with Gasteiger partial charge in [-0.2, -0.15) is 0 Å². The van der Waals surface area contributed by atoms with Crippen molar-refractivity contribution >= 4 is 16.5 Å². The molecule has 80 valence electrons. The summed E-state index contributed by atoms with van der Waals surface area (Å²) in [4.78, 5) is 0. The highest BCUT2D eigenvalue weighted by atomic mass is 14.6. The van der Waals surface area contributed by atoms with Gasteiger partial charge in [-0.25, -0.2) is 0 Å².